The Balaban J connectivity index is 1.23. The molecule has 1 atom stereocenters. The highest BCUT2D eigenvalue weighted by atomic mass is 19.1. The fourth-order valence-electron chi connectivity index (χ4n) is 5.48. The molecule has 8 nitrogen and oxygen atoms in total. The number of hydrogen-bond acceptors (Lipinski definition) is 5. The maximum Gasteiger partial charge on any atom is 0.270 e. The van der Waals surface area contributed by atoms with Gasteiger partial charge in [-0.1, -0.05) is 0 Å². The second-order valence-corrected chi connectivity index (χ2v) is 11.2. The Morgan fingerprint density at radius 3 is 2.45 bits per heavy atom. The third-order valence-electron chi connectivity index (χ3n) is 7.98. The van der Waals surface area contributed by atoms with E-state index in [0.717, 1.165) is 44.1 Å². The lowest BCUT2D eigenvalue weighted by Gasteiger charge is -2.27. The van der Waals surface area contributed by atoms with Gasteiger partial charge in [-0.25, -0.2) is 4.98 Å². The molecule has 3 aromatic rings. The average molecular weight is 517 g/mol. The zero-order valence-corrected chi connectivity index (χ0v) is 21.8. The molecule has 0 aromatic carbocycles. The van der Waals surface area contributed by atoms with Crippen molar-refractivity contribution in [3.05, 3.63) is 59.6 Å². The van der Waals surface area contributed by atoms with E-state index in [1.165, 1.54) is 0 Å². The van der Waals surface area contributed by atoms with Gasteiger partial charge in [0, 0.05) is 35.8 Å². The Bertz CT molecular complexity index is 1360. The molecule has 0 saturated heterocycles. The van der Waals surface area contributed by atoms with Gasteiger partial charge in [-0.2, -0.15) is 9.49 Å². The van der Waals surface area contributed by atoms with E-state index in [2.05, 4.69) is 25.7 Å². The SMILES string of the molecule is Cc1cnc(C)c(-c2ccc(NC(=O)[C@@H](NC(=O)c3ccnn3CC3CC3)C(C3CC3)C3CC3)nc2F)c1. The summed E-state index contributed by atoms with van der Waals surface area (Å²) in [5.74, 6) is 0.243. The number of nitrogens with zero attached hydrogens (tertiary/aromatic N) is 4. The number of nitrogens with one attached hydrogen (secondary N) is 2. The molecule has 0 spiro atoms. The lowest BCUT2D eigenvalue weighted by molar-refractivity contribution is -0.119. The first-order valence-electron chi connectivity index (χ1n) is 13.6. The van der Waals surface area contributed by atoms with Crippen LogP contribution in [-0.4, -0.2) is 37.6 Å². The topological polar surface area (TPSA) is 102 Å². The zero-order valence-electron chi connectivity index (χ0n) is 21.8. The summed E-state index contributed by atoms with van der Waals surface area (Å²) in [6.07, 6.45) is 9.92. The van der Waals surface area contributed by atoms with Crippen molar-refractivity contribution in [1.29, 1.82) is 0 Å². The Morgan fingerprint density at radius 1 is 1.05 bits per heavy atom. The number of carbonyl (C=O) groups is 2. The van der Waals surface area contributed by atoms with Gasteiger partial charge in [0.15, 0.2) is 0 Å². The highest BCUT2D eigenvalue weighted by Crippen LogP contribution is 2.51. The van der Waals surface area contributed by atoms with Crippen LogP contribution < -0.4 is 10.6 Å². The molecule has 3 aromatic heterocycles. The molecule has 0 radical (unpaired) electrons. The number of halogens is 1. The van der Waals surface area contributed by atoms with Crippen LogP contribution in [0.3, 0.4) is 0 Å². The van der Waals surface area contributed by atoms with Gasteiger partial charge in [0.25, 0.3) is 5.91 Å². The second-order valence-electron chi connectivity index (χ2n) is 11.2. The van der Waals surface area contributed by atoms with Crippen LogP contribution >= 0.6 is 0 Å². The molecule has 2 amide bonds. The highest BCUT2D eigenvalue weighted by molar-refractivity contribution is 6.00. The Hall–Kier alpha value is -3.62. The van der Waals surface area contributed by atoms with Gasteiger partial charge in [-0.05, 0) is 106 Å². The summed E-state index contributed by atoms with van der Waals surface area (Å²) in [6.45, 7) is 4.44. The molecule has 6 rings (SSSR count). The Morgan fingerprint density at radius 2 is 1.79 bits per heavy atom. The van der Waals surface area contributed by atoms with Crippen molar-refractivity contribution in [2.75, 3.05) is 5.32 Å². The van der Waals surface area contributed by atoms with Gasteiger partial charge < -0.3 is 10.6 Å². The van der Waals surface area contributed by atoms with Crippen molar-refractivity contribution < 1.29 is 14.0 Å². The summed E-state index contributed by atoms with van der Waals surface area (Å²) in [5, 5.41) is 10.2. The molecule has 198 valence electrons. The predicted molar refractivity (Wildman–Crippen MR) is 141 cm³/mol. The zero-order chi connectivity index (χ0) is 26.4. The van der Waals surface area contributed by atoms with E-state index >= 15 is 4.39 Å². The van der Waals surface area contributed by atoms with E-state index in [1.807, 2.05) is 19.9 Å². The number of pyridine rings is 2. The molecular formula is C29H33FN6O2. The van der Waals surface area contributed by atoms with Crippen LogP contribution in [-0.2, 0) is 11.3 Å². The van der Waals surface area contributed by atoms with Crippen molar-refractivity contribution in [3.8, 4) is 11.1 Å². The van der Waals surface area contributed by atoms with Gasteiger partial charge in [0.05, 0.1) is 0 Å². The van der Waals surface area contributed by atoms with Gasteiger partial charge in [-0.15, -0.1) is 0 Å². The third-order valence-corrected chi connectivity index (χ3v) is 7.98. The average Bonchev–Trinajstić information content (AvgIpc) is 3.74. The maximum absolute atomic E-state index is 15.1. The molecule has 3 aliphatic carbocycles. The van der Waals surface area contributed by atoms with E-state index in [1.54, 1.807) is 35.3 Å². The van der Waals surface area contributed by atoms with Gasteiger partial charge in [0.1, 0.15) is 17.6 Å². The highest BCUT2D eigenvalue weighted by Gasteiger charge is 2.48. The number of rotatable bonds is 10. The summed E-state index contributed by atoms with van der Waals surface area (Å²) < 4.78 is 16.9. The largest absolute Gasteiger partial charge is 0.339 e. The molecule has 0 aliphatic heterocycles. The molecule has 0 bridgehead atoms. The smallest absolute Gasteiger partial charge is 0.270 e. The Labute approximate surface area is 221 Å². The van der Waals surface area contributed by atoms with Crippen LogP contribution in [0.2, 0.25) is 0 Å². The lowest BCUT2D eigenvalue weighted by Crippen LogP contribution is -2.50. The van der Waals surface area contributed by atoms with E-state index in [0.29, 0.717) is 46.8 Å². The fourth-order valence-corrected chi connectivity index (χ4v) is 5.48. The number of aromatic nitrogens is 4. The molecule has 38 heavy (non-hydrogen) atoms. The summed E-state index contributed by atoms with van der Waals surface area (Å²) in [5.41, 5.74) is 3.09. The Kier molecular flexibility index (Phi) is 6.45. The normalized spacial score (nSPS) is 17.9. The molecule has 3 saturated carbocycles. The molecular weight excluding hydrogens is 483 g/mol. The van der Waals surface area contributed by atoms with Crippen LogP contribution in [0.15, 0.2) is 36.7 Å². The predicted octanol–water partition coefficient (Wildman–Crippen LogP) is 4.68. The van der Waals surface area contributed by atoms with Crippen LogP contribution in [0.25, 0.3) is 11.1 Å². The summed E-state index contributed by atoms with van der Waals surface area (Å²) in [6, 6.07) is 6.07. The van der Waals surface area contributed by atoms with Crippen molar-refractivity contribution >= 4 is 17.6 Å². The lowest BCUT2D eigenvalue weighted by atomic mass is 9.88. The van der Waals surface area contributed by atoms with Crippen molar-refractivity contribution in [2.45, 2.75) is 65.0 Å². The van der Waals surface area contributed by atoms with Crippen LogP contribution in [0.5, 0.6) is 0 Å². The quantitative estimate of drug-likeness (QED) is 0.381. The molecule has 3 aliphatic rings. The monoisotopic (exact) mass is 516 g/mol. The summed E-state index contributed by atoms with van der Waals surface area (Å²) in [7, 11) is 0. The van der Waals surface area contributed by atoms with E-state index in [-0.39, 0.29) is 23.6 Å². The van der Waals surface area contributed by atoms with Gasteiger partial charge in [-0.3, -0.25) is 19.3 Å². The van der Waals surface area contributed by atoms with Crippen LogP contribution in [0.1, 0.15) is 60.3 Å². The van der Waals surface area contributed by atoms with Gasteiger partial charge >= 0.3 is 0 Å². The van der Waals surface area contributed by atoms with E-state index < -0.39 is 12.0 Å². The minimum absolute atomic E-state index is 0.0592. The van der Waals surface area contributed by atoms with Crippen LogP contribution in [0.4, 0.5) is 10.2 Å². The number of aryl methyl sites for hydroxylation is 2. The maximum atomic E-state index is 15.1. The molecule has 2 N–H and O–H groups in total. The first-order valence-corrected chi connectivity index (χ1v) is 13.6. The van der Waals surface area contributed by atoms with Crippen molar-refractivity contribution in [1.82, 2.24) is 25.1 Å². The molecule has 0 unspecified atom stereocenters. The number of carbonyl (C=O) groups excluding carboxylic acids is 2. The standard InChI is InChI=1S/C29H33FN6O2/c1-16-13-22(17(2)31-14-16)21-9-10-24(33-27(21)30)34-29(38)26(25(19-5-6-19)20-7-8-20)35-28(37)23-11-12-32-36(23)15-18-3-4-18/h9-14,18-20,25-26H,3-8,15H2,1-2H3,(H,35,37)(H,33,34,38)/t26-/m0/s1. The first-order chi connectivity index (χ1) is 18.4. The van der Waals surface area contributed by atoms with Crippen molar-refractivity contribution in [3.63, 3.8) is 0 Å². The molecule has 3 heterocycles. The number of anilines is 1. The second kappa shape index (κ2) is 9.93. The summed E-state index contributed by atoms with van der Waals surface area (Å²) >= 11 is 0. The number of hydrogen-bond donors (Lipinski definition) is 2. The summed E-state index contributed by atoms with van der Waals surface area (Å²) in [4.78, 5) is 35.4. The van der Waals surface area contributed by atoms with Gasteiger partial charge in [0.2, 0.25) is 11.9 Å². The minimum atomic E-state index is -0.723. The van der Waals surface area contributed by atoms with Crippen molar-refractivity contribution in [2.24, 2.45) is 23.7 Å². The molecule has 3 fully saturated rings. The van der Waals surface area contributed by atoms with E-state index in [9.17, 15) is 9.59 Å². The van der Waals surface area contributed by atoms with Crippen LogP contribution in [0, 0.1) is 43.5 Å². The molecule has 9 heteroatoms. The van der Waals surface area contributed by atoms with E-state index in [4.69, 9.17) is 0 Å². The number of amides is 2. The minimum Gasteiger partial charge on any atom is -0.339 e. The first kappa shape index (κ1) is 24.7. The fraction of sp³-hybridized carbons (Fsp3) is 0.483. The third kappa shape index (κ3) is 5.33.